The Balaban J connectivity index is 1.92. The molecule has 0 amide bonds. The molecule has 0 saturated carbocycles. The smallest absolute Gasteiger partial charge is 0.147 e. The van der Waals surface area contributed by atoms with Crippen molar-refractivity contribution in [3.8, 4) is 10.6 Å². The molecule has 0 aliphatic rings. The maximum Gasteiger partial charge on any atom is 0.147 e. The Labute approximate surface area is 141 Å². The first-order chi connectivity index (χ1) is 10.3. The molecular weight excluding hydrogens is 393 g/mol. The van der Waals surface area contributed by atoms with E-state index in [9.17, 15) is 0 Å². The standard InChI is InChI=1S/C16H14IN3S/c1-18-14(11-5-3-2-4-6-11)16-20-19-15(21-16)12-7-9-13(17)10-8-12/h2-10,14,18H,1H3. The molecule has 1 unspecified atom stereocenters. The van der Waals surface area contributed by atoms with Crippen LogP contribution in [0.5, 0.6) is 0 Å². The van der Waals surface area contributed by atoms with Gasteiger partial charge in [0, 0.05) is 9.13 Å². The van der Waals surface area contributed by atoms with E-state index >= 15 is 0 Å². The summed E-state index contributed by atoms with van der Waals surface area (Å²) in [4.78, 5) is 0. The molecule has 0 fully saturated rings. The van der Waals surface area contributed by atoms with Crippen molar-refractivity contribution in [2.24, 2.45) is 0 Å². The summed E-state index contributed by atoms with van der Waals surface area (Å²) in [5, 5.41) is 14.0. The van der Waals surface area contributed by atoms with Gasteiger partial charge in [-0.05, 0) is 47.3 Å². The first-order valence-electron chi connectivity index (χ1n) is 6.59. The molecule has 1 atom stereocenters. The monoisotopic (exact) mass is 407 g/mol. The van der Waals surface area contributed by atoms with Gasteiger partial charge in [0.1, 0.15) is 10.0 Å². The summed E-state index contributed by atoms with van der Waals surface area (Å²) in [6.45, 7) is 0. The average Bonchev–Trinajstić information content (AvgIpc) is 2.99. The molecule has 21 heavy (non-hydrogen) atoms. The van der Waals surface area contributed by atoms with Gasteiger partial charge in [0.2, 0.25) is 0 Å². The van der Waals surface area contributed by atoms with Crippen molar-refractivity contribution in [2.75, 3.05) is 7.05 Å². The summed E-state index contributed by atoms with van der Waals surface area (Å²) < 4.78 is 1.22. The zero-order valence-electron chi connectivity index (χ0n) is 11.5. The Bertz CT molecular complexity index is 710. The molecule has 0 saturated heterocycles. The lowest BCUT2D eigenvalue weighted by Crippen LogP contribution is -2.17. The number of halogens is 1. The van der Waals surface area contributed by atoms with Gasteiger partial charge in [-0.25, -0.2) is 0 Å². The van der Waals surface area contributed by atoms with Crippen molar-refractivity contribution in [3.05, 3.63) is 68.7 Å². The zero-order valence-corrected chi connectivity index (χ0v) is 14.4. The van der Waals surface area contributed by atoms with Crippen molar-refractivity contribution in [1.29, 1.82) is 0 Å². The van der Waals surface area contributed by atoms with Gasteiger partial charge in [-0.2, -0.15) is 0 Å². The molecule has 3 aromatic rings. The SMILES string of the molecule is CNC(c1ccccc1)c1nnc(-c2ccc(I)cc2)s1. The van der Waals surface area contributed by atoms with E-state index in [2.05, 4.69) is 74.5 Å². The fourth-order valence-corrected chi connectivity index (χ4v) is 3.49. The molecule has 1 aromatic heterocycles. The molecule has 1 N–H and O–H groups in total. The summed E-state index contributed by atoms with van der Waals surface area (Å²) in [6, 6.07) is 18.7. The van der Waals surface area contributed by atoms with E-state index in [-0.39, 0.29) is 6.04 Å². The molecule has 1 heterocycles. The third kappa shape index (κ3) is 3.30. The van der Waals surface area contributed by atoms with Gasteiger partial charge >= 0.3 is 0 Å². The van der Waals surface area contributed by atoms with Crippen LogP contribution in [0, 0.1) is 3.57 Å². The number of hydrogen-bond donors (Lipinski definition) is 1. The van der Waals surface area contributed by atoms with Gasteiger partial charge in [-0.1, -0.05) is 53.8 Å². The number of nitrogens with zero attached hydrogens (tertiary/aromatic N) is 2. The Kier molecular flexibility index (Phi) is 4.62. The highest BCUT2D eigenvalue weighted by molar-refractivity contribution is 14.1. The molecular formula is C16H14IN3S. The molecule has 0 radical (unpaired) electrons. The topological polar surface area (TPSA) is 37.8 Å². The second kappa shape index (κ2) is 6.64. The number of nitrogens with one attached hydrogen (secondary N) is 1. The van der Waals surface area contributed by atoms with Gasteiger partial charge in [-0.3, -0.25) is 0 Å². The van der Waals surface area contributed by atoms with Crippen molar-refractivity contribution < 1.29 is 0 Å². The first-order valence-corrected chi connectivity index (χ1v) is 8.49. The van der Waals surface area contributed by atoms with Crippen molar-refractivity contribution in [1.82, 2.24) is 15.5 Å². The lowest BCUT2D eigenvalue weighted by Gasteiger charge is -2.12. The highest BCUT2D eigenvalue weighted by Gasteiger charge is 2.17. The maximum atomic E-state index is 4.37. The van der Waals surface area contributed by atoms with E-state index in [1.807, 2.05) is 25.2 Å². The first kappa shape index (κ1) is 14.6. The Hall–Kier alpha value is -1.31. The molecule has 106 valence electrons. The minimum absolute atomic E-state index is 0.0845. The molecule has 0 aliphatic carbocycles. The molecule has 2 aromatic carbocycles. The van der Waals surface area contributed by atoms with Crippen LogP contribution in [0.15, 0.2) is 54.6 Å². The normalized spacial score (nSPS) is 12.3. The fourth-order valence-electron chi connectivity index (χ4n) is 2.14. The van der Waals surface area contributed by atoms with Gasteiger partial charge in [0.15, 0.2) is 0 Å². The van der Waals surface area contributed by atoms with Crippen LogP contribution in [0.3, 0.4) is 0 Å². The van der Waals surface area contributed by atoms with Crippen molar-refractivity contribution in [2.45, 2.75) is 6.04 Å². The average molecular weight is 407 g/mol. The van der Waals surface area contributed by atoms with E-state index in [4.69, 9.17) is 0 Å². The third-order valence-electron chi connectivity index (χ3n) is 3.20. The van der Waals surface area contributed by atoms with Crippen LogP contribution >= 0.6 is 33.9 Å². The van der Waals surface area contributed by atoms with Gasteiger partial charge in [0.25, 0.3) is 0 Å². The third-order valence-corrected chi connectivity index (χ3v) is 4.96. The number of aromatic nitrogens is 2. The van der Waals surface area contributed by atoms with Crippen LogP contribution in [-0.4, -0.2) is 17.2 Å². The Morgan fingerprint density at radius 3 is 2.38 bits per heavy atom. The molecule has 0 bridgehead atoms. The van der Waals surface area contributed by atoms with Gasteiger partial charge < -0.3 is 5.32 Å². The summed E-state index contributed by atoms with van der Waals surface area (Å²) in [6.07, 6.45) is 0. The Morgan fingerprint density at radius 1 is 1.00 bits per heavy atom. The minimum Gasteiger partial charge on any atom is -0.307 e. The number of hydrogen-bond acceptors (Lipinski definition) is 4. The van der Waals surface area contributed by atoms with E-state index in [0.29, 0.717) is 0 Å². The second-order valence-corrected chi connectivity index (χ2v) is 6.84. The molecule has 0 spiro atoms. The largest absolute Gasteiger partial charge is 0.307 e. The van der Waals surface area contributed by atoms with E-state index in [1.54, 1.807) is 11.3 Å². The second-order valence-electron chi connectivity index (χ2n) is 4.58. The molecule has 3 nitrogen and oxygen atoms in total. The lowest BCUT2D eigenvalue weighted by atomic mass is 10.1. The molecule has 3 rings (SSSR count). The number of rotatable bonds is 4. The van der Waals surface area contributed by atoms with Crippen molar-refractivity contribution >= 4 is 33.9 Å². The quantitative estimate of drug-likeness (QED) is 0.662. The predicted molar refractivity (Wildman–Crippen MR) is 95.4 cm³/mol. The van der Waals surface area contributed by atoms with Crippen LogP contribution < -0.4 is 5.32 Å². The molecule has 5 heteroatoms. The highest BCUT2D eigenvalue weighted by atomic mass is 127. The summed E-state index contributed by atoms with van der Waals surface area (Å²) >= 11 is 3.93. The lowest BCUT2D eigenvalue weighted by molar-refractivity contribution is 0.678. The summed E-state index contributed by atoms with van der Waals surface area (Å²) in [5.41, 5.74) is 2.31. The van der Waals surface area contributed by atoms with Gasteiger partial charge in [-0.15, -0.1) is 10.2 Å². The van der Waals surface area contributed by atoms with Crippen LogP contribution in [0.2, 0.25) is 0 Å². The van der Waals surface area contributed by atoms with Crippen LogP contribution in [0.4, 0.5) is 0 Å². The van der Waals surface area contributed by atoms with Crippen LogP contribution in [0.1, 0.15) is 16.6 Å². The van der Waals surface area contributed by atoms with E-state index in [1.165, 1.54) is 9.13 Å². The highest BCUT2D eigenvalue weighted by Crippen LogP contribution is 2.30. The molecule has 0 aliphatic heterocycles. The minimum atomic E-state index is 0.0845. The predicted octanol–water partition coefficient (Wildman–Crippen LogP) is 4.12. The Morgan fingerprint density at radius 2 is 1.71 bits per heavy atom. The van der Waals surface area contributed by atoms with Crippen LogP contribution in [-0.2, 0) is 0 Å². The van der Waals surface area contributed by atoms with Crippen LogP contribution in [0.25, 0.3) is 10.6 Å². The number of benzene rings is 2. The summed E-state index contributed by atoms with van der Waals surface area (Å²) in [7, 11) is 1.95. The summed E-state index contributed by atoms with van der Waals surface area (Å²) in [5.74, 6) is 0. The van der Waals surface area contributed by atoms with E-state index in [0.717, 1.165) is 15.6 Å². The van der Waals surface area contributed by atoms with Gasteiger partial charge in [0.05, 0.1) is 6.04 Å². The fraction of sp³-hybridized carbons (Fsp3) is 0.125. The maximum absolute atomic E-state index is 4.37. The zero-order chi connectivity index (χ0) is 14.7. The van der Waals surface area contributed by atoms with E-state index < -0.39 is 0 Å². The van der Waals surface area contributed by atoms with Crippen molar-refractivity contribution in [3.63, 3.8) is 0 Å².